The number of hydrogen-bond acceptors (Lipinski definition) is 2. The number of ether oxygens (including phenoxy) is 1. The number of fused-ring (bicyclic) bond motifs is 3. The molecule has 0 unspecified atom stereocenters. The van der Waals surface area contributed by atoms with Crippen molar-refractivity contribution in [2.75, 3.05) is 0 Å². The molecule has 0 spiro atoms. The third kappa shape index (κ3) is 6.50. The van der Waals surface area contributed by atoms with Gasteiger partial charge in [0.25, 0.3) is 6.33 Å². The van der Waals surface area contributed by atoms with Gasteiger partial charge >= 0.3 is 0 Å². The van der Waals surface area contributed by atoms with Gasteiger partial charge in [-0.2, -0.15) is 18.2 Å². The number of aromatic nitrogens is 4. The first-order chi connectivity index (χ1) is 25.6. The molecule has 53 heavy (non-hydrogen) atoms. The molecule has 260 valence electrons. The standard InChI is InChI=1S/C47H34N4O.Pt/c1-33(2)36-25-26-48-46(29-36)51-44-22-10-9-19-42(44)43-24-23-39(31-45(43)51)52-38-18-11-17-37(30-38)49-27-28-50(32-49)47-40(34-13-5-3-6-14-34)20-12-21-41(47)35-15-7-4-8-16-35;/h3-29,33H,1-2H3;/q-2;. The number of rotatable bonds is 8. The van der Waals surface area contributed by atoms with E-state index in [9.17, 15) is 0 Å². The molecule has 0 aliphatic rings. The Kier molecular flexibility index (Phi) is 9.35. The maximum atomic E-state index is 6.46. The molecule has 5 nitrogen and oxygen atoms in total. The maximum Gasteiger partial charge on any atom is 0.267 e. The van der Waals surface area contributed by atoms with Gasteiger partial charge in [-0.15, -0.1) is 29.7 Å². The number of imidazole rings is 1. The molecule has 0 atom stereocenters. The van der Waals surface area contributed by atoms with E-state index in [2.05, 4.69) is 151 Å². The van der Waals surface area contributed by atoms with Crippen molar-refractivity contribution >= 4 is 21.8 Å². The van der Waals surface area contributed by atoms with E-state index in [0.29, 0.717) is 17.4 Å². The van der Waals surface area contributed by atoms with Crippen LogP contribution in [0, 0.1) is 18.5 Å². The van der Waals surface area contributed by atoms with Crippen LogP contribution >= 0.6 is 0 Å². The topological polar surface area (TPSA) is 35.9 Å². The van der Waals surface area contributed by atoms with E-state index < -0.39 is 0 Å². The molecular weight excluding hydrogens is 832 g/mol. The molecule has 0 aliphatic carbocycles. The molecule has 3 heterocycles. The molecule has 0 bridgehead atoms. The summed E-state index contributed by atoms with van der Waals surface area (Å²) < 4.78 is 12.6. The summed E-state index contributed by atoms with van der Waals surface area (Å²) in [5.74, 6) is 2.43. The Hall–Kier alpha value is -6.03. The summed E-state index contributed by atoms with van der Waals surface area (Å²) in [5.41, 5.74) is 9.61. The average Bonchev–Trinajstić information content (AvgIpc) is 3.82. The summed E-state index contributed by atoms with van der Waals surface area (Å²) in [6, 6.07) is 57.1. The van der Waals surface area contributed by atoms with Gasteiger partial charge in [0.05, 0.1) is 5.69 Å². The Labute approximate surface area is 323 Å². The van der Waals surface area contributed by atoms with Crippen molar-refractivity contribution in [2.24, 2.45) is 0 Å². The molecule has 0 saturated carbocycles. The fraction of sp³-hybridized carbons (Fsp3) is 0.0638. The zero-order valence-corrected chi connectivity index (χ0v) is 31.5. The molecule has 0 aliphatic heterocycles. The van der Waals surface area contributed by atoms with Crippen LogP contribution in [0.5, 0.6) is 11.5 Å². The normalized spacial score (nSPS) is 11.2. The minimum Gasteiger partial charge on any atom is -0.510 e. The van der Waals surface area contributed by atoms with Crippen LogP contribution in [0.3, 0.4) is 0 Å². The van der Waals surface area contributed by atoms with Crippen molar-refractivity contribution in [1.82, 2.24) is 14.1 Å². The van der Waals surface area contributed by atoms with Gasteiger partial charge in [0.2, 0.25) is 0 Å². The zero-order valence-electron chi connectivity index (χ0n) is 29.2. The van der Waals surface area contributed by atoms with Crippen molar-refractivity contribution in [2.45, 2.75) is 19.8 Å². The summed E-state index contributed by atoms with van der Waals surface area (Å²) in [6.45, 7) is 4.40. The molecule has 0 N–H and O–H groups in total. The van der Waals surface area contributed by atoms with Gasteiger partial charge in [0, 0.05) is 56.7 Å². The van der Waals surface area contributed by atoms with Gasteiger partial charge in [0.15, 0.2) is 0 Å². The van der Waals surface area contributed by atoms with Crippen molar-refractivity contribution < 1.29 is 30.4 Å². The summed E-state index contributed by atoms with van der Waals surface area (Å²) in [4.78, 5) is 4.78. The molecule has 0 amide bonds. The second-order valence-corrected chi connectivity index (χ2v) is 13.1. The predicted molar refractivity (Wildman–Crippen MR) is 207 cm³/mol. The monoisotopic (exact) mass is 865 g/mol. The summed E-state index contributed by atoms with van der Waals surface area (Å²) in [5, 5.41) is 2.24. The van der Waals surface area contributed by atoms with Gasteiger partial charge in [-0.3, -0.25) is 4.57 Å². The van der Waals surface area contributed by atoms with Crippen LogP contribution in [0.2, 0.25) is 0 Å². The van der Waals surface area contributed by atoms with E-state index in [1.165, 1.54) is 5.56 Å². The van der Waals surface area contributed by atoms with Crippen LogP contribution in [-0.2, 0) is 21.1 Å². The molecule has 6 aromatic carbocycles. The number of para-hydroxylation sites is 2. The van der Waals surface area contributed by atoms with E-state index in [0.717, 1.165) is 61.3 Å². The molecule has 9 aromatic rings. The fourth-order valence-corrected chi connectivity index (χ4v) is 6.92. The van der Waals surface area contributed by atoms with E-state index >= 15 is 0 Å². The van der Waals surface area contributed by atoms with Gasteiger partial charge in [-0.05, 0) is 63.0 Å². The smallest absolute Gasteiger partial charge is 0.267 e. The Balaban J connectivity index is 0.00000400. The first kappa shape index (κ1) is 34.1. The zero-order chi connectivity index (χ0) is 35.0. The molecule has 3 aromatic heterocycles. The SMILES string of the molecule is CC(C)c1ccnc(-n2c3[c-]c(Oc4[c-]c(-n5[c-][n+](-c6c(-c7ccccc7)cccc6-c6ccccc6)cc5)ccc4)ccc3c3ccccc32)c1.[Pt]. The first-order valence-electron chi connectivity index (χ1n) is 17.5. The number of benzene rings is 6. The van der Waals surface area contributed by atoms with Crippen LogP contribution in [0.1, 0.15) is 25.3 Å². The predicted octanol–water partition coefficient (Wildman–Crippen LogP) is 10.9. The average molecular weight is 866 g/mol. The van der Waals surface area contributed by atoms with Crippen LogP contribution < -0.4 is 9.30 Å². The summed E-state index contributed by atoms with van der Waals surface area (Å²) >= 11 is 0. The Morgan fingerprint density at radius 2 is 1.34 bits per heavy atom. The van der Waals surface area contributed by atoms with Crippen LogP contribution in [0.15, 0.2) is 164 Å². The molecule has 9 rings (SSSR count). The largest absolute Gasteiger partial charge is 0.510 e. The van der Waals surface area contributed by atoms with Gasteiger partial charge in [-0.1, -0.05) is 116 Å². The molecular formula is C47H34N4OPt-2. The summed E-state index contributed by atoms with van der Waals surface area (Å²) in [7, 11) is 0. The first-order valence-corrected chi connectivity index (χ1v) is 17.5. The van der Waals surface area contributed by atoms with E-state index in [4.69, 9.17) is 9.72 Å². The van der Waals surface area contributed by atoms with Crippen LogP contribution in [0.25, 0.3) is 61.3 Å². The van der Waals surface area contributed by atoms with Gasteiger partial charge in [-0.25, -0.2) is 4.98 Å². The van der Waals surface area contributed by atoms with Crippen LogP contribution in [0.4, 0.5) is 0 Å². The number of hydrogen-bond donors (Lipinski definition) is 0. The molecule has 0 fully saturated rings. The number of nitrogens with zero attached hydrogens (tertiary/aromatic N) is 4. The second kappa shape index (κ2) is 14.5. The summed E-state index contributed by atoms with van der Waals surface area (Å²) in [6.07, 6.45) is 9.49. The van der Waals surface area contributed by atoms with Gasteiger partial charge in [0.1, 0.15) is 5.82 Å². The van der Waals surface area contributed by atoms with Crippen molar-refractivity contribution in [3.05, 3.63) is 188 Å². The minimum atomic E-state index is 0. The molecule has 0 radical (unpaired) electrons. The Bertz CT molecular complexity index is 2640. The Morgan fingerprint density at radius 1 is 0.660 bits per heavy atom. The number of pyridine rings is 1. The third-order valence-corrected chi connectivity index (χ3v) is 9.48. The van der Waals surface area contributed by atoms with Crippen molar-refractivity contribution in [3.63, 3.8) is 0 Å². The van der Waals surface area contributed by atoms with Crippen molar-refractivity contribution in [3.8, 4) is 50.9 Å². The fourth-order valence-electron chi connectivity index (χ4n) is 6.92. The van der Waals surface area contributed by atoms with E-state index in [1.54, 1.807) is 0 Å². The van der Waals surface area contributed by atoms with Crippen molar-refractivity contribution in [1.29, 1.82) is 0 Å². The van der Waals surface area contributed by atoms with Gasteiger partial charge < -0.3 is 13.9 Å². The van der Waals surface area contributed by atoms with E-state index in [1.807, 2.05) is 59.6 Å². The van der Waals surface area contributed by atoms with E-state index in [-0.39, 0.29) is 21.1 Å². The second-order valence-electron chi connectivity index (χ2n) is 13.1. The maximum absolute atomic E-state index is 6.46. The Morgan fingerprint density at radius 3 is 2.08 bits per heavy atom. The third-order valence-electron chi connectivity index (χ3n) is 9.48. The molecule has 6 heteroatoms. The quantitative estimate of drug-likeness (QED) is 0.113. The molecule has 0 saturated heterocycles. The van der Waals surface area contributed by atoms with Crippen LogP contribution in [-0.4, -0.2) is 14.1 Å². The minimum absolute atomic E-state index is 0.